The topological polar surface area (TPSA) is 66.0 Å². The van der Waals surface area contributed by atoms with Crippen LogP contribution < -0.4 is 5.73 Å². The molecule has 0 amide bonds. The van der Waals surface area contributed by atoms with Crippen LogP contribution in [0.25, 0.3) is 11.2 Å². The van der Waals surface area contributed by atoms with E-state index in [1.807, 2.05) is 11.5 Å². The summed E-state index contributed by atoms with van der Waals surface area (Å²) in [4.78, 5) is 8.40. The summed E-state index contributed by atoms with van der Waals surface area (Å²) in [5, 5.41) is 0.557. The van der Waals surface area contributed by atoms with E-state index in [1.165, 1.54) is 0 Å². The van der Waals surface area contributed by atoms with E-state index in [4.69, 9.17) is 22.1 Å². The number of halogens is 1. The molecule has 0 fully saturated rings. The van der Waals surface area contributed by atoms with Gasteiger partial charge in [-0.3, -0.25) is 4.57 Å². The van der Waals surface area contributed by atoms with Gasteiger partial charge in [0.15, 0.2) is 5.65 Å². The van der Waals surface area contributed by atoms with Crippen molar-refractivity contribution in [2.75, 3.05) is 18.9 Å². The minimum atomic E-state index is 0.435. The summed E-state index contributed by atoms with van der Waals surface area (Å²) in [6.07, 6.45) is 1.59. The minimum Gasteiger partial charge on any atom is -0.380 e. The number of nitrogens with two attached hydrogens (primary N) is 1. The summed E-state index contributed by atoms with van der Waals surface area (Å²) < 4.78 is 7.10. The fourth-order valence-corrected chi connectivity index (χ4v) is 1.68. The highest BCUT2D eigenvalue weighted by Gasteiger charge is 2.09. The van der Waals surface area contributed by atoms with Crippen LogP contribution in [0.2, 0.25) is 5.02 Å². The minimum absolute atomic E-state index is 0.435. The molecular weight excluding hydrogens is 228 g/mol. The zero-order chi connectivity index (χ0) is 11.5. The second-order valence-corrected chi connectivity index (χ2v) is 3.75. The smallest absolute Gasteiger partial charge is 0.202 e. The van der Waals surface area contributed by atoms with Gasteiger partial charge in [0.05, 0.1) is 18.2 Å². The molecule has 0 unspecified atom stereocenters. The van der Waals surface area contributed by atoms with Crippen molar-refractivity contribution in [3.63, 3.8) is 0 Å². The van der Waals surface area contributed by atoms with Gasteiger partial charge in [-0.25, -0.2) is 9.97 Å². The Morgan fingerprint density at radius 1 is 1.56 bits per heavy atom. The van der Waals surface area contributed by atoms with E-state index in [-0.39, 0.29) is 0 Å². The lowest BCUT2D eigenvalue weighted by atomic mass is 10.4. The van der Waals surface area contributed by atoms with Gasteiger partial charge >= 0.3 is 0 Å². The van der Waals surface area contributed by atoms with E-state index in [2.05, 4.69) is 9.97 Å². The average molecular weight is 241 g/mol. The first kappa shape index (κ1) is 11.2. The number of hydrogen-bond donors (Lipinski definition) is 1. The van der Waals surface area contributed by atoms with Crippen LogP contribution in [0.5, 0.6) is 0 Å². The molecule has 0 radical (unpaired) electrons. The predicted molar refractivity (Wildman–Crippen MR) is 63.4 cm³/mol. The number of pyridine rings is 1. The molecule has 0 aliphatic carbocycles. The van der Waals surface area contributed by atoms with Gasteiger partial charge in [0.25, 0.3) is 0 Å². The number of anilines is 1. The first-order valence-electron chi connectivity index (χ1n) is 5.07. The molecule has 0 saturated carbocycles. The molecule has 0 atom stereocenters. The first-order chi connectivity index (χ1) is 7.72. The summed E-state index contributed by atoms with van der Waals surface area (Å²) in [5.74, 6) is 0.435. The molecule has 0 aromatic carbocycles. The van der Waals surface area contributed by atoms with Gasteiger partial charge in [0, 0.05) is 12.8 Å². The normalized spacial score (nSPS) is 11.1. The monoisotopic (exact) mass is 240 g/mol. The number of fused-ring (bicyclic) bond motifs is 1. The number of hydrogen-bond acceptors (Lipinski definition) is 4. The van der Waals surface area contributed by atoms with Crippen LogP contribution in [-0.2, 0) is 11.3 Å². The van der Waals surface area contributed by atoms with Crippen molar-refractivity contribution in [3.8, 4) is 0 Å². The molecule has 0 saturated heterocycles. The summed E-state index contributed by atoms with van der Waals surface area (Å²) in [6.45, 7) is 3.88. The average Bonchev–Trinajstić information content (AvgIpc) is 2.55. The number of ether oxygens (including phenoxy) is 1. The molecule has 2 heterocycles. The van der Waals surface area contributed by atoms with Crippen molar-refractivity contribution >= 4 is 28.7 Å². The SMILES string of the molecule is CCOCCn1c(N)nc2cc(Cl)cnc21. The first-order valence-corrected chi connectivity index (χ1v) is 5.45. The van der Waals surface area contributed by atoms with Crippen molar-refractivity contribution in [3.05, 3.63) is 17.3 Å². The fourth-order valence-electron chi connectivity index (χ4n) is 1.52. The summed E-state index contributed by atoms with van der Waals surface area (Å²) in [7, 11) is 0. The lowest BCUT2D eigenvalue weighted by Gasteiger charge is -2.05. The quantitative estimate of drug-likeness (QED) is 0.827. The molecular formula is C10H13ClN4O. The molecule has 0 aliphatic heterocycles. The third-order valence-corrected chi connectivity index (χ3v) is 2.45. The largest absolute Gasteiger partial charge is 0.380 e. The Balaban J connectivity index is 2.32. The Bertz CT molecular complexity index is 497. The van der Waals surface area contributed by atoms with E-state index >= 15 is 0 Å². The second kappa shape index (κ2) is 4.67. The number of nitrogen functional groups attached to an aromatic ring is 1. The Hall–Kier alpha value is -1.33. The summed E-state index contributed by atoms with van der Waals surface area (Å²) in [5.41, 5.74) is 7.25. The van der Waals surface area contributed by atoms with Crippen molar-refractivity contribution in [1.29, 1.82) is 0 Å². The van der Waals surface area contributed by atoms with Gasteiger partial charge < -0.3 is 10.5 Å². The van der Waals surface area contributed by atoms with E-state index in [0.29, 0.717) is 36.2 Å². The maximum Gasteiger partial charge on any atom is 0.202 e. The van der Waals surface area contributed by atoms with Gasteiger partial charge in [-0.05, 0) is 13.0 Å². The van der Waals surface area contributed by atoms with Crippen molar-refractivity contribution in [2.45, 2.75) is 13.5 Å². The zero-order valence-electron chi connectivity index (χ0n) is 8.98. The van der Waals surface area contributed by atoms with Gasteiger partial charge in [-0.2, -0.15) is 0 Å². The molecule has 5 nitrogen and oxygen atoms in total. The van der Waals surface area contributed by atoms with E-state index in [1.54, 1.807) is 12.3 Å². The lowest BCUT2D eigenvalue weighted by Crippen LogP contribution is -2.09. The summed E-state index contributed by atoms with van der Waals surface area (Å²) in [6, 6.07) is 1.75. The third-order valence-electron chi connectivity index (χ3n) is 2.24. The van der Waals surface area contributed by atoms with Crippen molar-refractivity contribution < 1.29 is 4.74 Å². The van der Waals surface area contributed by atoms with Gasteiger partial charge in [0.1, 0.15) is 5.52 Å². The molecule has 2 N–H and O–H groups in total. The molecule has 86 valence electrons. The third kappa shape index (κ3) is 2.10. The van der Waals surface area contributed by atoms with Crippen LogP contribution in [0.3, 0.4) is 0 Å². The Kier molecular flexibility index (Phi) is 3.26. The zero-order valence-corrected chi connectivity index (χ0v) is 9.74. The molecule has 2 aromatic rings. The lowest BCUT2D eigenvalue weighted by molar-refractivity contribution is 0.140. The Morgan fingerprint density at radius 3 is 3.12 bits per heavy atom. The standard InChI is InChI=1S/C10H13ClN4O/c1-2-16-4-3-15-9-8(14-10(15)12)5-7(11)6-13-9/h5-6H,2-4H2,1H3,(H2,12,14). The van der Waals surface area contributed by atoms with Crippen LogP contribution in [0.1, 0.15) is 6.92 Å². The molecule has 0 spiro atoms. The Morgan fingerprint density at radius 2 is 2.38 bits per heavy atom. The molecule has 0 aliphatic rings. The highest BCUT2D eigenvalue weighted by Crippen LogP contribution is 2.18. The summed E-state index contributed by atoms with van der Waals surface area (Å²) >= 11 is 5.83. The highest BCUT2D eigenvalue weighted by molar-refractivity contribution is 6.31. The van der Waals surface area contributed by atoms with Crippen LogP contribution in [-0.4, -0.2) is 27.7 Å². The molecule has 16 heavy (non-hydrogen) atoms. The van der Waals surface area contributed by atoms with Gasteiger partial charge in [0.2, 0.25) is 5.95 Å². The number of rotatable bonds is 4. The second-order valence-electron chi connectivity index (χ2n) is 3.31. The molecule has 2 aromatic heterocycles. The van der Waals surface area contributed by atoms with E-state index in [9.17, 15) is 0 Å². The molecule has 2 rings (SSSR count). The van der Waals surface area contributed by atoms with Crippen molar-refractivity contribution in [1.82, 2.24) is 14.5 Å². The van der Waals surface area contributed by atoms with Crippen LogP contribution in [0.15, 0.2) is 12.3 Å². The van der Waals surface area contributed by atoms with E-state index in [0.717, 1.165) is 5.65 Å². The fraction of sp³-hybridized carbons (Fsp3) is 0.400. The number of imidazole rings is 1. The van der Waals surface area contributed by atoms with E-state index < -0.39 is 0 Å². The van der Waals surface area contributed by atoms with Crippen LogP contribution >= 0.6 is 11.6 Å². The predicted octanol–water partition coefficient (Wildman–Crippen LogP) is 1.70. The van der Waals surface area contributed by atoms with Gasteiger partial charge in [-0.15, -0.1) is 0 Å². The maximum absolute atomic E-state index is 5.83. The highest BCUT2D eigenvalue weighted by atomic mass is 35.5. The number of aromatic nitrogens is 3. The molecule has 6 heteroatoms. The Labute approximate surface area is 98.2 Å². The van der Waals surface area contributed by atoms with Gasteiger partial charge in [-0.1, -0.05) is 11.6 Å². The van der Waals surface area contributed by atoms with Crippen molar-refractivity contribution in [2.24, 2.45) is 0 Å². The molecule has 0 bridgehead atoms. The number of nitrogens with zero attached hydrogens (tertiary/aromatic N) is 3. The van der Waals surface area contributed by atoms with Crippen LogP contribution in [0, 0.1) is 0 Å². The maximum atomic E-state index is 5.83. The van der Waals surface area contributed by atoms with Crippen LogP contribution in [0.4, 0.5) is 5.95 Å².